The van der Waals surface area contributed by atoms with E-state index in [0.717, 1.165) is 50.3 Å². The number of fused-ring (bicyclic) bond motifs is 1. The number of nitrogens with zero attached hydrogens (tertiary/aromatic N) is 5. The molecule has 5 rings (SSSR count). The molecule has 0 unspecified atom stereocenters. The molecule has 0 aliphatic carbocycles. The molecule has 0 saturated heterocycles. The van der Waals surface area contributed by atoms with Gasteiger partial charge in [0.25, 0.3) is 0 Å². The van der Waals surface area contributed by atoms with E-state index in [9.17, 15) is 0 Å². The number of hydrogen-bond acceptors (Lipinski definition) is 6. The maximum Gasteiger partial charge on any atom is 0.249 e. The van der Waals surface area contributed by atoms with Gasteiger partial charge in [0, 0.05) is 31.3 Å². The summed E-state index contributed by atoms with van der Waals surface area (Å²) in [5.41, 5.74) is 8.39. The summed E-state index contributed by atoms with van der Waals surface area (Å²) in [7, 11) is 1.95. The third-order valence-electron chi connectivity index (χ3n) is 5.95. The number of benzene rings is 2. The van der Waals surface area contributed by atoms with Crippen LogP contribution in [0.15, 0.2) is 67.1 Å². The van der Waals surface area contributed by atoms with Gasteiger partial charge in [-0.15, -0.1) is 0 Å². The first-order chi connectivity index (χ1) is 16.9. The minimum atomic E-state index is 0.419. The number of rotatable bonds is 5. The molecular formula is C28H24N6O. The normalized spacial score (nSPS) is 10.8. The highest BCUT2D eigenvalue weighted by atomic mass is 16.5. The highest BCUT2D eigenvalue weighted by Crippen LogP contribution is 2.36. The van der Waals surface area contributed by atoms with Gasteiger partial charge in [0.15, 0.2) is 0 Å². The minimum absolute atomic E-state index is 0.419. The van der Waals surface area contributed by atoms with E-state index < -0.39 is 0 Å². The molecule has 35 heavy (non-hydrogen) atoms. The summed E-state index contributed by atoms with van der Waals surface area (Å²) in [6, 6.07) is 17.5. The van der Waals surface area contributed by atoms with Crippen molar-refractivity contribution in [3.8, 4) is 28.8 Å². The smallest absolute Gasteiger partial charge is 0.249 e. The summed E-state index contributed by atoms with van der Waals surface area (Å²) in [5.74, 6) is 1.66. The molecule has 0 aliphatic rings. The number of anilines is 2. The van der Waals surface area contributed by atoms with Crippen LogP contribution in [0.2, 0.25) is 0 Å². The molecule has 1 N–H and O–H groups in total. The topological polar surface area (TPSA) is 88.7 Å². The van der Waals surface area contributed by atoms with E-state index in [0.29, 0.717) is 17.4 Å². The average molecular weight is 461 g/mol. The van der Waals surface area contributed by atoms with E-state index in [1.807, 2.05) is 68.3 Å². The van der Waals surface area contributed by atoms with Gasteiger partial charge in [-0.25, -0.2) is 4.98 Å². The molecule has 3 heterocycles. The molecular weight excluding hydrogens is 436 g/mol. The lowest BCUT2D eigenvalue weighted by molar-refractivity contribution is 0.459. The number of aryl methyl sites for hydroxylation is 4. The van der Waals surface area contributed by atoms with Crippen LogP contribution in [-0.2, 0) is 7.05 Å². The van der Waals surface area contributed by atoms with E-state index in [1.165, 1.54) is 0 Å². The zero-order chi connectivity index (χ0) is 24.5. The van der Waals surface area contributed by atoms with Gasteiger partial charge in [0.05, 0.1) is 17.1 Å². The minimum Gasteiger partial charge on any atom is -0.436 e. The Morgan fingerprint density at radius 1 is 0.943 bits per heavy atom. The van der Waals surface area contributed by atoms with Gasteiger partial charge in [-0.3, -0.25) is 4.98 Å². The van der Waals surface area contributed by atoms with Crippen molar-refractivity contribution in [3.63, 3.8) is 0 Å². The second kappa shape index (κ2) is 8.92. The van der Waals surface area contributed by atoms with Crippen molar-refractivity contribution < 1.29 is 4.74 Å². The number of hydrogen-bond donors (Lipinski definition) is 1. The molecule has 0 radical (unpaired) electrons. The van der Waals surface area contributed by atoms with Crippen LogP contribution in [0.1, 0.15) is 22.3 Å². The lowest BCUT2D eigenvalue weighted by Gasteiger charge is -2.16. The predicted molar refractivity (Wildman–Crippen MR) is 137 cm³/mol. The second-order valence-corrected chi connectivity index (χ2v) is 8.56. The largest absolute Gasteiger partial charge is 0.436 e. The maximum absolute atomic E-state index is 9.04. The zero-order valence-corrected chi connectivity index (χ0v) is 20.0. The van der Waals surface area contributed by atoms with Gasteiger partial charge < -0.3 is 14.6 Å². The number of ether oxygens (including phenoxy) is 1. The molecule has 3 aromatic heterocycles. The molecule has 0 bridgehead atoms. The highest BCUT2D eigenvalue weighted by Gasteiger charge is 2.17. The van der Waals surface area contributed by atoms with Crippen LogP contribution in [0.4, 0.5) is 11.6 Å². The van der Waals surface area contributed by atoms with Crippen LogP contribution in [0.3, 0.4) is 0 Å². The molecule has 0 saturated carbocycles. The van der Waals surface area contributed by atoms with Crippen molar-refractivity contribution in [3.05, 3.63) is 89.4 Å². The molecule has 0 spiro atoms. The lowest BCUT2D eigenvalue weighted by atomic mass is 9.98. The zero-order valence-electron chi connectivity index (χ0n) is 20.0. The Morgan fingerprint density at radius 3 is 2.37 bits per heavy atom. The van der Waals surface area contributed by atoms with Gasteiger partial charge >= 0.3 is 0 Å². The van der Waals surface area contributed by atoms with Crippen molar-refractivity contribution >= 4 is 22.7 Å². The van der Waals surface area contributed by atoms with Crippen LogP contribution in [0.5, 0.6) is 11.6 Å². The standard InChI is InChI=1S/C28H24N6O/c1-17-13-21(23-9-11-30-16-19(23)3)14-18(2)26(17)35-27-25-24(10-12-34(25)4)32-28(33-27)31-22-7-5-20(15-29)6-8-22/h5-14,16H,1-4H3,(H,31,32,33). The van der Waals surface area contributed by atoms with Crippen LogP contribution in [0.25, 0.3) is 22.2 Å². The first kappa shape index (κ1) is 22.1. The second-order valence-electron chi connectivity index (χ2n) is 8.56. The third kappa shape index (κ3) is 4.30. The fraction of sp³-hybridized carbons (Fsp3) is 0.143. The number of nitriles is 1. The maximum atomic E-state index is 9.04. The fourth-order valence-corrected chi connectivity index (χ4v) is 4.20. The first-order valence-electron chi connectivity index (χ1n) is 11.2. The molecule has 7 nitrogen and oxygen atoms in total. The molecule has 7 heteroatoms. The predicted octanol–water partition coefficient (Wildman–Crippen LogP) is 6.36. The van der Waals surface area contributed by atoms with E-state index in [2.05, 4.69) is 40.4 Å². The Balaban J connectivity index is 1.53. The molecule has 172 valence electrons. The number of pyridine rings is 1. The van der Waals surface area contributed by atoms with Crippen molar-refractivity contribution in [2.75, 3.05) is 5.32 Å². The Bertz CT molecular complexity index is 1570. The third-order valence-corrected chi connectivity index (χ3v) is 5.95. The van der Waals surface area contributed by atoms with Crippen molar-refractivity contribution in [2.45, 2.75) is 20.8 Å². The number of aromatic nitrogens is 4. The monoisotopic (exact) mass is 460 g/mol. The van der Waals surface area contributed by atoms with Gasteiger partial charge in [-0.2, -0.15) is 10.2 Å². The summed E-state index contributed by atoms with van der Waals surface area (Å²) in [6.45, 7) is 6.15. The van der Waals surface area contributed by atoms with E-state index in [1.54, 1.807) is 12.1 Å². The summed E-state index contributed by atoms with van der Waals surface area (Å²) in [4.78, 5) is 13.6. The van der Waals surface area contributed by atoms with E-state index >= 15 is 0 Å². The first-order valence-corrected chi connectivity index (χ1v) is 11.2. The van der Waals surface area contributed by atoms with E-state index in [-0.39, 0.29) is 0 Å². The Kier molecular flexibility index (Phi) is 5.63. The molecule has 0 fully saturated rings. The Hall–Kier alpha value is -4.70. The van der Waals surface area contributed by atoms with Crippen molar-refractivity contribution in [1.82, 2.24) is 19.5 Å². The summed E-state index contributed by atoms with van der Waals surface area (Å²) in [5, 5.41) is 12.3. The fourth-order valence-electron chi connectivity index (χ4n) is 4.20. The van der Waals surface area contributed by atoms with Crippen LogP contribution in [0, 0.1) is 32.1 Å². The number of nitrogens with one attached hydrogen (secondary N) is 1. The molecule has 5 aromatic rings. The van der Waals surface area contributed by atoms with Crippen LogP contribution < -0.4 is 10.1 Å². The highest BCUT2D eigenvalue weighted by molar-refractivity contribution is 5.83. The summed E-state index contributed by atoms with van der Waals surface area (Å²) in [6.07, 6.45) is 5.62. The van der Waals surface area contributed by atoms with Crippen molar-refractivity contribution in [2.24, 2.45) is 7.05 Å². The van der Waals surface area contributed by atoms with Gasteiger partial charge in [-0.05, 0) is 97.1 Å². The summed E-state index contributed by atoms with van der Waals surface area (Å²) >= 11 is 0. The molecule has 0 aliphatic heterocycles. The van der Waals surface area contributed by atoms with Gasteiger partial charge in [0.2, 0.25) is 11.8 Å². The Labute approximate surface area is 203 Å². The van der Waals surface area contributed by atoms with Gasteiger partial charge in [0.1, 0.15) is 11.3 Å². The molecule has 2 aromatic carbocycles. The van der Waals surface area contributed by atoms with Crippen molar-refractivity contribution in [1.29, 1.82) is 5.26 Å². The van der Waals surface area contributed by atoms with Gasteiger partial charge in [-0.1, -0.05) is 0 Å². The quantitative estimate of drug-likeness (QED) is 0.328. The molecule has 0 atom stereocenters. The SMILES string of the molecule is Cc1cnccc1-c1cc(C)c(Oc2nc(Nc3ccc(C#N)cc3)nc3ccn(C)c23)c(C)c1. The summed E-state index contributed by atoms with van der Waals surface area (Å²) < 4.78 is 8.41. The van der Waals surface area contributed by atoms with Crippen LogP contribution >= 0.6 is 0 Å². The lowest BCUT2D eigenvalue weighted by Crippen LogP contribution is -2.02. The Morgan fingerprint density at radius 2 is 1.69 bits per heavy atom. The van der Waals surface area contributed by atoms with Crippen LogP contribution in [-0.4, -0.2) is 19.5 Å². The van der Waals surface area contributed by atoms with E-state index in [4.69, 9.17) is 15.0 Å². The molecule has 0 amide bonds. The average Bonchev–Trinajstić information content (AvgIpc) is 3.22.